The SMILES string of the molecule is Cc1ccc(S(=O)(=O)c2c(C)nn(S(=O)(=O)c3ccc(C)cc3)c2-c2ccc(F)cc2)cc1. The number of rotatable bonds is 5. The van der Waals surface area contributed by atoms with Crippen LogP contribution in [0.2, 0.25) is 0 Å². The Balaban J connectivity index is 2.05. The number of nitrogens with zero attached hydrogens (tertiary/aromatic N) is 2. The lowest BCUT2D eigenvalue weighted by Crippen LogP contribution is -2.16. The minimum atomic E-state index is -4.25. The van der Waals surface area contributed by atoms with E-state index in [9.17, 15) is 21.2 Å². The second-order valence-electron chi connectivity index (χ2n) is 7.75. The van der Waals surface area contributed by atoms with E-state index in [2.05, 4.69) is 5.10 Å². The van der Waals surface area contributed by atoms with Crippen molar-refractivity contribution in [3.05, 3.63) is 95.4 Å². The summed E-state index contributed by atoms with van der Waals surface area (Å²) in [5, 5.41) is 4.15. The van der Waals surface area contributed by atoms with Crippen LogP contribution in [0.5, 0.6) is 0 Å². The van der Waals surface area contributed by atoms with Crippen molar-refractivity contribution < 1.29 is 21.2 Å². The lowest BCUT2D eigenvalue weighted by molar-refractivity contribution is 0.580. The molecule has 9 heteroatoms. The van der Waals surface area contributed by atoms with Gasteiger partial charge in [-0.3, -0.25) is 0 Å². The van der Waals surface area contributed by atoms with Crippen LogP contribution in [0.15, 0.2) is 87.5 Å². The zero-order chi connectivity index (χ0) is 24.0. The number of hydrogen-bond acceptors (Lipinski definition) is 5. The quantitative estimate of drug-likeness (QED) is 0.410. The number of hydrogen-bond donors (Lipinski definition) is 0. The highest BCUT2D eigenvalue weighted by Gasteiger charge is 2.34. The number of sulfone groups is 1. The molecule has 6 nitrogen and oxygen atoms in total. The molecular formula is C24H21FN2O4S2. The molecule has 4 rings (SSSR count). The third kappa shape index (κ3) is 4.09. The molecule has 1 heterocycles. The zero-order valence-electron chi connectivity index (χ0n) is 18.2. The van der Waals surface area contributed by atoms with Crippen LogP contribution >= 0.6 is 0 Å². The molecule has 0 atom stereocenters. The summed E-state index contributed by atoms with van der Waals surface area (Å²) in [6.07, 6.45) is 0. The first-order valence-corrected chi connectivity index (χ1v) is 12.9. The summed E-state index contributed by atoms with van der Waals surface area (Å²) in [5.41, 5.74) is 1.83. The summed E-state index contributed by atoms with van der Waals surface area (Å²) < 4.78 is 68.6. The van der Waals surface area contributed by atoms with Gasteiger partial charge >= 0.3 is 0 Å². The fraction of sp³-hybridized carbons (Fsp3) is 0.125. The molecule has 0 aliphatic carbocycles. The second kappa shape index (κ2) is 8.24. The van der Waals surface area contributed by atoms with Gasteiger partial charge in [0.2, 0.25) is 9.84 Å². The maximum Gasteiger partial charge on any atom is 0.283 e. The zero-order valence-corrected chi connectivity index (χ0v) is 19.8. The van der Waals surface area contributed by atoms with Crippen molar-refractivity contribution in [1.82, 2.24) is 9.19 Å². The fourth-order valence-electron chi connectivity index (χ4n) is 3.48. The number of aromatic nitrogens is 2. The summed E-state index contributed by atoms with van der Waals surface area (Å²) >= 11 is 0. The van der Waals surface area contributed by atoms with Crippen molar-refractivity contribution in [3.8, 4) is 11.3 Å². The van der Waals surface area contributed by atoms with Gasteiger partial charge < -0.3 is 0 Å². The Morgan fingerprint density at radius 3 is 1.70 bits per heavy atom. The number of aryl methyl sites for hydroxylation is 3. The molecule has 33 heavy (non-hydrogen) atoms. The lowest BCUT2D eigenvalue weighted by Gasteiger charge is -2.12. The molecule has 1 aromatic heterocycles. The van der Waals surface area contributed by atoms with Crippen molar-refractivity contribution in [2.75, 3.05) is 0 Å². The second-order valence-corrected chi connectivity index (χ2v) is 11.4. The van der Waals surface area contributed by atoms with Crippen molar-refractivity contribution >= 4 is 19.9 Å². The van der Waals surface area contributed by atoms with Crippen molar-refractivity contribution in [3.63, 3.8) is 0 Å². The predicted octanol–water partition coefficient (Wildman–Crippen LogP) is 4.68. The van der Waals surface area contributed by atoms with E-state index in [1.54, 1.807) is 24.3 Å². The molecule has 170 valence electrons. The third-order valence-corrected chi connectivity index (χ3v) is 8.75. The first-order chi connectivity index (χ1) is 15.5. The highest BCUT2D eigenvalue weighted by Crippen LogP contribution is 2.36. The average molecular weight is 485 g/mol. The Labute approximate surface area is 192 Å². The topological polar surface area (TPSA) is 86.1 Å². The molecule has 0 aliphatic rings. The Morgan fingerprint density at radius 2 is 1.18 bits per heavy atom. The third-order valence-electron chi connectivity index (χ3n) is 5.24. The lowest BCUT2D eigenvalue weighted by atomic mass is 10.1. The van der Waals surface area contributed by atoms with Gasteiger partial charge in [-0.2, -0.15) is 17.6 Å². The Hall–Kier alpha value is -3.30. The van der Waals surface area contributed by atoms with Crippen LogP contribution < -0.4 is 0 Å². The molecule has 3 aromatic carbocycles. The minimum Gasteiger partial charge on any atom is -0.218 e. The first kappa shape index (κ1) is 22.9. The van der Waals surface area contributed by atoms with Gasteiger partial charge in [0.05, 0.1) is 15.5 Å². The number of halogens is 1. The van der Waals surface area contributed by atoms with Gasteiger partial charge in [0.25, 0.3) is 10.0 Å². The van der Waals surface area contributed by atoms with Crippen LogP contribution in [-0.2, 0) is 19.9 Å². The van der Waals surface area contributed by atoms with Gasteiger partial charge in [0, 0.05) is 5.56 Å². The predicted molar refractivity (Wildman–Crippen MR) is 123 cm³/mol. The fourth-order valence-corrected chi connectivity index (χ4v) is 6.50. The van der Waals surface area contributed by atoms with Gasteiger partial charge in [-0.1, -0.05) is 35.4 Å². The molecule has 0 saturated carbocycles. The molecule has 0 unspecified atom stereocenters. The molecule has 0 spiro atoms. The molecule has 0 radical (unpaired) electrons. The van der Waals surface area contributed by atoms with Gasteiger partial charge in [0.1, 0.15) is 16.4 Å². The summed E-state index contributed by atoms with van der Waals surface area (Å²) in [4.78, 5) is -0.279. The van der Waals surface area contributed by atoms with Crippen LogP contribution in [0.1, 0.15) is 16.8 Å². The molecule has 0 aliphatic heterocycles. The van der Waals surface area contributed by atoms with E-state index in [0.29, 0.717) is 0 Å². The van der Waals surface area contributed by atoms with Crippen molar-refractivity contribution in [2.24, 2.45) is 0 Å². The van der Waals surface area contributed by atoms with Crippen molar-refractivity contribution in [2.45, 2.75) is 35.5 Å². The van der Waals surface area contributed by atoms with E-state index >= 15 is 0 Å². The average Bonchev–Trinajstić information content (AvgIpc) is 3.13. The van der Waals surface area contributed by atoms with Gasteiger partial charge in [-0.15, -0.1) is 0 Å². The van der Waals surface area contributed by atoms with E-state index in [0.717, 1.165) is 27.3 Å². The van der Waals surface area contributed by atoms with E-state index in [1.807, 2.05) is 13.8 Å². The Kier molecular flexibility index (Phi) is 5.71. The monoisotopic (exact) mass is 484 g/mol. The number of benzene rings is 3. The highest BCUT2D eigenvalue weighted by molar-refractivity contribution is 7.92. The molecule has 0 bridgehead atoms. The molecular weight excluding hydrogens is 463 g/mol. The van der Waals surface area contributed by atoms with E-state index in [4.69, 9.17) is 0 Å². The van der Waals surface area contributed by atoms with Gasteiger partial charge in [-0.05, 0) is 69.3 Å². The van der Waals surface area contributed by atoms with Crippen molar-refractivity contribution in [1.29, 1.82) is 0 Å². The molecule has 0 saturated heterocycles. The smallest absolute Gasteiger partial charge is 0.218 e. The molecule has 0 amide bonds. The van der Waals surface area contributed by atoms with Gasteiger partial charge in [0.15, 0.2) is 0 Å². The minimum absolute atomic E-state index is 0.00634. The standard InChI is InChI=1S/C24H21FN2O4S2/c1-16-4-12-21(13-5-16)32(28,29)24-18(3)26-27(23(24)19-8-10-20(25)11-9-19)33(30,31)22-14-6-17(2)7-15-22/h4-15H,1-3H3. The summed E-state index contributed by atoms with van der Waals surface area (Å²) in [6.45, 7) is 5.09. The normalized spacial score (nSPS) is 12.1. The summed E-state index contributed by atoms with van der Waals surface area (Å²) in [5.74, 6) is -0.536. The summed E-state index contributed by atoms with van der Waals surface area (Å²) in [7, 11) is -8.39. The Bertz CT molecular complexity index is 1540. The van der Waals surface area contributed by atoms with Crippen LogP contribution in [0.3, 0.4) is 0 Å². The highest BCUT2D eigenvalue weighted by atomic mass is 32.2. The van der Waals surface area contributed by atoms with Gasteiger partial charge in [-0.25, -0.2) is 12.8 Å². The van der Waals surface area contributed by atoms with Crippen LogP contribution in [0.4, 0.5) is 4.39 Å². The van der Waals surface area contributed by atoms with Crippen LogP contribution in [0.25, 0.3) is 11.3 Å². The maximum atomic E-state index is 13.6. The largest absolute Gasteiger partial charge is 0.283 e. The van der Waals surface area contributed by atoms with E-state index < -0.39 is 25.7 Å². The molecule has 0 N–H and O–H groups in total. The molecule has 4 aromatic rings. The van der Waals surface area contributed by atoms with Crippen LogP contribution in [-0.4, -0.2) is 26.0 Å². The summed E-state index contributed by atoms with van der Waals surface area (Å²) in [6, 6.07) is 17.4. The Morgan fingerprint density at radius 1 is 0.697 bits per heavy atom. The molecule has 0 fully saturated rings. The van der Waals surface area contributed by atoms with E-state index in [1.165, 1.54) is 43.3 Å². The van der Waals surface area contributed by atoms with Crippen LogP contribution in [0, 0.1) is 26.6 Å². The first-order valence-electron chi connectivity index (χ1n) is 10.0. The van der Waals surface area contributed by atoms with E-state index in [-0.39, 0.29) is 31.6 Å². The maximum absolute atomic E-state index is 13.6.